The van der Waals surface area contributed by atoms with E-state index in [0.717, 1.165) is 44.8 Å². The molecule has 108 valence electrons. The molecule has 1 heterocycles. The smallest absolute Gasteiger partial charge is 0.123 e. The standard InChI is InChI=1S/C16H24N4/c1-3-19(4-2)15-7-5-14(6-8-15)16(13-17)20-11-9-18-10-12-20/h5-8,16,18H,3-4,9-12H2,1-2H3. The molecule has 1 aromatic rings. The number of benzene rings is 1. The molecular weight excluding hydrogens is 248 g/mol. The maximum atomic E-state index is 9.48. The van der Waals surface area contributed by atoms with Crippen molar-refractivity contribution in [1.29, 1.82) is 5.26 Å². The quantitative estimate of drug-likeness (QED) is 0.890. The molecule has 1 unspecified atom stereocenters. The lowest BCUT2D eigenvalue weighted by molar-refractivity contribution is 0.207. The molecule has 0 saturated carbocycles. The highest BCUT2D eigenvalue weighted by Crippen LogP contribution is 2.23. The number of piperazine rings is 1. The van der Waals surface area contributed by atoms with E-state index in [2.05, 4.69) is 59.3 Å². The van der Waals surface area contributed by atoms with Crippen molar-refractivity contribution >= 4 is 5.69 Å². The van der Waals surface area contributed by atoms with Crippen molar-refractivity contribution in [2.75, 3.05) is 44.2 Å². The molecule has 0 amide bonds. The zero-order valence-electron chi connectivity index (χ0n) is 12.5. The number of nitriles is 1. The molecule has 2 rings (SSSR count). The molecule has 20 heavy (non-hydrogen) atoms. The molecular formula is C16H24N4. The van der Waals surface area contributed by atoms with Gasteiger partial charge in [0, 0.05) is 45.0 Å². The van der Waals surface area contributed by atoms with Crippen molar-refractivity contribution in [2.45, 2.75) is 19.9 Å². The fourth-order valence-electron chi connectivity index (χ4n) is 2.76. The van der Waals surface area contributed by atoms with E-state index < -0.39 is 0 Å². The van der Waals surface area contributed by atoms with Gasteiger partial charge in [0.2, 0.25) is 0 Å². The molecule has 0 bridgehead atoms. The minimum absolute atomic E-state index is 0.122. The number of anilines is 1. The van der Waals surface area contributed by atoms with E-state index in [1.165, 1.54) is 5.69 Å². The molecule has 1 atom stereocenters. The highest BCUT2D eigenvalue weighted by Gasteiger charge is 2.21. The molecule has 1 fully saturated rings. The molecule has 1 aromatic carbocycles. The molecule has 1 saturated heterocycles. The summed E-state index contributed by atoms with van der Waals surface area (Å²) in [7, 11) is 0. The average Bonchev–Trinajstić information content (AvgIpc) is 2.52. The van der Waals surface area contributed by atoms with E-state index in [4.69, 9.17) is 0 Å². The Hall–Kier alpha value is -1.57. The summed E-state index contributed by atoms with van der Waals surface area (Å²) < 4.78 is 0. The van der Waals surface area contributed by atoms with Crippen molar-refractivity contribution in [3.63, 3.8) is 0 Å². The lowest BCUT2D eigenvalue weighted by Gasteiger charge is -2.31. The van der Waals surface area contributed by atoms with Crippen LogP contribution < -0.4 is 10.2 Å². The molecule has 1 N–H and O–H groups in total. The molecule has 0 spiro atoms. The second kappa shape index (κ2) is 7.28. The summed E-state index contributed by atoms with van der Waals surface area (Å²) in [5.41, 5.74) is 2.33. The Labute approximate surface area is 122 Å². The van der Waals surface area contributed by atoms with Crippen LogP contribution in [-0.2, 0) is 0 Å². The average molecular weight is 272 g/mol. The van der Waals surface area contributed by atoms with Crippen LogP contribution in [0.2, 0.25) is 0 Å². The van der Waals surface area contributed by atoms with Gasteiger partial charge in [-0.05, 0) is 31.5 Å². The third kappa shape index (κ3) is 3.30. The van der Waals surface area contributed by atoms with Crippen LogP contribution >= 0.6 is 0 Å². The third-order valence-corrected chi connectivity index (χ3v) is 3.98. The summed E-state index contributed by atoms with van der Waals surface area (Å²) in [6, 6.07) is 10.8. The van der Waals surface area contributed by atoms with Gasteiger partial charge in [-0.25, -0.2) is 0 Å². The van der Waals surface area contributed by atoms with E-state index in [1.807, 2.05) is 0 Å². The Morgan fingerprint density at radius 3 is 2.30 bits per heavy atom. The first-order valence-corrected chi connectivity index (χ1v) is 7.49. The molecule has 4 heteroatoms. The van der Waals surface area contributed by atoms with E-state index in [-0.39, 0.29) is 6.04 Å². The van der Waals surface area contributed by atoms with Crippen LogP contribution in [-0.4, -0.2) is 44.2 Å². The number of rotatable bonds is 5. The predicted molar refractivity (Wildman–Crippen MR) is 82.8 cm³/mol. The Bertz CT molecular complexity index is 439. The molecule has 4 nitrogen and oxygen atoms in total. The maximum Gasteiger partial charge on any atom is 0.123 e. The van der Waals surface area contributed by atoms with Crippen LogP contribution in [0.15, 0.2) is 24.3 Å². The first-order valence-electron chi connectivity index (χ1n) is 7.49. The Morgan fingerprint density at radius 1 is 1.20 bits per heavy atom. The number of nitrogens with one attached hydrogen (secondary N) is 1. The highest BCUT2D eigenvalue weighted by molar-refractivity contribution is 5.48. The molecule has 0 aliphatic carbocycles. The van der Waals surface area contributed by atoms with Crippen LogP contribution in [0.25, 0.3) is 0 Å². The van der Waals surface area contributed by atoms with Gasteiger partial charge in [-0.15, -0.1) is 0 Å². The van der Waals surface area contributed by atoms with Gasteiger partial charge in [0.1, 0.15) is 6.04 Å². The number of nitrogens with zero attached hydrogens (tertiary/aromatic N) is 3. The fourth-order valence-corrected chi connectivity index (χ4v) is 2.76. The lowest BCUT2D eigenvalue weighted by atomic mass is 10.0. The second-order valence-corrected chi connectivity index (χ2v) is 5.08. The second-order valence-electron chi connectivity index (χ2n) is 5.08. The van der Waals surface area contributed by atoms with Crippen LogP contribution in [0.4, 0.5) is 5.69 Å². The topological polar surface area (TPSA) is 42.3 Å². The van der Waals surface area contributed by atoms with Crippen LogP contribution in [0.5, 0.6) is 0 Å². The van der Waals surface area contributed by atoms with Crippen LogP contribution in [0.3, 0.4) is 0 Å². The molecule has 1 aliphatic heterocycles. The maximum absolute atomic E-state index is 9.48. The van der Waals surface area contributed by atoms with Gasteiger partial charge in [-0.2, -0.15) is 5.26 Å². The summed E-state index contributed by atoms with van der Waals surface area (Å²) >= 11 is 0. The van der Waals surface area contributed by atoms with Crippen molar-refractivity contribution in [1.82, 2.24) is 10.2 Å². The summed E-state index contributed by atoms with van der Waals surface area (Å²) in [6.45, 7) is 10.2. The van der Waals surface area contributed by atoms with Gasteiger partial charge in [0.05, 0.1) is 6.07 Å². The van der Waals surface area contributed by atoms with Gasteiger partial charge < -0.3 is 10.2 Å². The van der Waals surface area contributed by atoms with E-state index in [9.17, 15) is 5.26 Å². The largest absolute Gasteiger partial charge is 0.372 e. The van der Waals surface area contributed by atoms with Crippen LogP contribution in [0, 0.1) is 11.3 Å². The summed E-state index contributed by atoms with van der Waals surface area (Å²) in [4.78, 5) is 4.57. The zero-order valence-corrected chi connectivity index (χ0v) is 12.5. The van der Waals surface area contributed by atoms with Gasteiger partial charge in [-0.3, -0.25) is 4.90 Å². The lowest BCUT2D eigenvalue weighted by Crippen LogP contribution is -2.44. The highest BCUT2D eigenvalue weighted by atomic mass is 15.2. The summed E-state index contributed by atoms with van der Waals surface area (Å²) in [5.74, 6) is 0. The summed E-state index contributed by atoms with van der Waals surface area (Å²) in [6.07, 6.45) is 0. The first kappa shape index (κ1) is 14.8. The fraction of sp³-hybridized carbons (Fsp3) is 0.562. The van der Waals surface area contributed by atoms with Gasteiger partial charge >= 0.3 is 0 Å². The van der Waals surface area contributed by atoms with Crippen molar-refractivity contribution in [2.24, 2.45) is 0 Å². The summed E-state index contributed by atoms with van der Waals surface area (Å²) in [5, 5.41) is 12.8. The van der Waals surface area contributed by atoms with E-state index in [0.29, 0.717) is 0 Å². The number of hydrogen-bond donors (Lipinski definition) is 1. The minimum Gasteiger partial charge on any atom is -0.372 e. The normalized spacial score (nSPS) is 17.4. The van der Waals surface area contributed by atoms with E-state index in [1.54, 1.807) is 0 Å². The van der Waals surface area contributed by atoms with Crippen molar-refractivity contribution in [3.05, 3.63) is 29.8 Å². The minimum atomic E-state index is -0.122. The SMILES string of the molecule is CCN(CC)c1ccc(C(C#N)N2CCNCC2)cc1. The zero-order chi connectivity index (χ0) is 14.4. The first-order chi connectivity index (χ1) is 9.80. The Morgan fingerprint density at radius 2 is 1.80 bits per heavy atom. The monoisotopic (exact) mass is 272 g/mol. The predicted octanol–water partition coefficient (Wildman–Crippen LogP) is 2.00. The molecule has 0 aromatic heterocycles. The Kier molecular flexibility index (Phi) is 5.40. The van der Waals surface area contributed by atoms with Crippen LogP contribution in [0.1, 0.15) is 25.5 Å². The molecule has 0 radical (unpaired) electrons. The third-order valence-electron chi connectivity index (χ3n) is 3.98. The van der Waals surface area contributed by atoms with Crippen molar-refractivity contribution < 1.29 is 0 Å². The van der Waals surface area contributed by atoms with E-state index >= 15 is 0 Å². The number of hydrogen-bond acceptors (Lipinski definition) is 4. The van der Waals surface area contributed by atoms with Gasteiger partial charge in [0.15, 0.2) is 0 Å². The van der Waals surface area contributed by atoms with Gasteiger partial charge in [-0.1, -0.05) is 12.1 Å². The van der Waals surface area contributed by atoms with Gasteiger partial charge in [0.25, 0.3) is 0 Å². The Balaban J connectivity index is 2.13. The van der Waals surface area contributed by atoms with Crippen molar-refractivity contribution in [3.8, 4) is 6.07 Å². The molecule has 1 aliphatic rings.